The van der Waals surface area contributed by atoms with Crippen LogP contribution in [0.3, 0.4) is 0 Å². The quantitative estimate of drug-likeness (QED) is 0.0992. The monoisotopic (exact) mass is 564 g/mol. The van der Waals surface area contributed by atoms with Gasteiger partial charge in [0.1, 0.15) is 13.2 Å². The van der Waals surface area contributed by atoms with Crippen molar-refractivity contribution in [1.82, 2.24) is 10.9 Å². The molecule has 0 aromatic heterocycles. The van der Waals surface area contributed by atoms with Crippen LogP contribution < -0.4 is 29.8 Å². The van der Waals surface area contributed by atoms with Gasteiger partial charge < -0.3 is 18.9 Å². The van der Waals surface area contributed by atoms with Gasteiger partial charge in [0.25, 0.3) is 0 Å². The number of amides is 2. The fourth-order valence-corrected chi connectivity index (χ4v) is 3.64. The van der Waals surface area contributed by atoms with Crippen LogP contribution in [0.4, 0.5) is 0 Å². The van der Waals surface area contributed by atoms with Crippen molar-refractivity contribution in [3.05, 3.63) is 72.8 Å². The standard InChI is InChI=1S/C31H40N4O6/c1-5-18-40-26-16-14-24(20-28(26)38-3)22-32-34-30(36)12-10-8-7-9-11-13-31(37)35-33-23-25-15-17-27(41-19-6-2)29(21-25)39-4/h5-6,14-17,20-23H,1-2,7-13,18-19H2,3-4H3,(H,34,36)(H,35,37). The molecule has 0 aliphatic heterocycles. The Bertz CT molecular complexity index is 1100. The van der Waals surface area contributed by atoms with Crippen LogP contribution in [0.25, 0.3) is 0 Å². The lowest BCUT2D eigenvalue weighted by Crippen LogP contribution is -2.17. The van der Waals surface area contributed by atoms with Crippen LogP contribution in [0, 0.1) is 0 Å². The van der Waals surface area contributed by atoms with Crippen LogP contribution in [0.1, 0.15) is 56.1 Å². The van der Waals surface area contributed by atoms with Gasteiger partial charge in [-0.1, -0.05) is 44.6 Å². The van der Waals surface area contributed by atoms with Crippen molar-refractivity contribution in [3.63, 3.8) is 0 Å². The number of hydrazone groups is 2. The van der Waals surface area contributed by atoms with Crippen molar-refractivity contribution in [2.45, 2.75) is 44.9 Å². The maximum atomic E-state index is 12.0. The number of ether oxygens (including phenoxy) is 4. The van der Waals surface area contributed by atoms with Crippen LogP contribution >= 0.6 is 0 Å². The van der Waals surface area contributed by atoms with E-state index in [0.717, 1.165) is 43.2 Å². The minimum atomic E-state index is -0.145. The second-order valence-electron chi connectivity index (χ2n) is 8.87. The number of carbonyl (C=O) groups excluding carboxylic acids is 2. The molecule has 2 rings (SSSR count). The minimum Gasteiger partial charge on any atom is -0.493 e. The van der Waals surface area contributed by atoms with Gasteiger partial charge in [-0.3, -0.25) is 9.59 Å². The maximum Gasteiger partial charge on any atom is 0.240 e. The molecule has 0 saturated carbocycles. The molecule has 0 fully saturated rings. The Balaban J connectivity index is 1.57. The molecule has 0 radical (unpaired) electrons. The number of carbonyl (C=O) groups is 2. The van der Waals surface area contributed by atoms with E-state index in [0.29, 0.717) is 49.1 Å². The molecular formula is C31H40N4O6. The normalized spacial score (nSPS) is 10.8. The molecule has 0 aliphatic carbocycles. The van der Waals surface area contributed by atoms with Gasteiger partial charge >= 0.3 is 0 Å². The van der Waals surface area contributed by atoms with E-state index in [9.17, 15) is 9.59 Å². The second kappa shape index (κ2) is 19.5. The third-order valence-electron chi connectivity index (χ3n) is 5.70. The average Bonchev–Trinajstić information content (AvgIpc) is 2.98. The van der Waals surface area contributed by atoms with Gasteiger partial charge in [-0.2, -0.15) is 10.2 Å². The van der Waals surface area contributed by atoms with Gasteiger partial charge in [-0.15, -0.1) is 0 Å². The van der Waals surface area contributed by atoms with Crippen molar-refractivity contribution in [3.8, 4) is 23.0 Å². The highest BCUT2D eigenvalue weighted by molar-refractivity contribution is 5.84. The summed E-state index contributed by atoms with van der Waals surface area (Å²) in [5, 5.41) is 8.03. The van der Waals surface area contributed by atoms with Gasteiger partial charge in [0, 0.05) is 12.8 Å². The molecule has 0 bridgehead atoms. The molecule has 41 heavy (non-hydrogen) atoms. The molecule has 10 nitrogen and oxygen atoms in total. The van der Waals surface area contributed by atoms with Crippen molar-refractivity contribution < 1.29 is 28.5 Å². The van der Waals surface area contributed by atoms with Crippen LogP contribution in [-0.4, -0.2) is 51.7 Å². The predicted octanol–water partition coefficient (Wildman–Crippen LogP) is 5.16. The Morgan fingerprint density at radius 2 is 1.10 bits per heavy atom. The van der Waals surface area contributed by atoms with Gasteiger partial charge in [0.15, 0.2) is 23.0 Å². The number of hydrogen-bond donors (Lipinski definition) is 2. The summed E-state index contributed by atoms with van der Waals surface area (Å²) in [7, 11) is 3.12. The topological polar surface area (TPSA) is 120 Å². The first-order valence-corrected chi connectivity index (χ1v) is 13.5. The number of hydrogen-bond acceptors (Lipinski definition) is 8. The molecule has 0 atom stereocenters. The summed E-state index contributed by atoms with van der Waals surface area (Å²) in [5.41, 5.74) is 6.63. The van der Waals surface area contributed by atoms with E-state index in [1.807, 2.05) is 12.1 Å². The van der Waals surface area contributed by atoms with E-state index in [4.69, 9.17) is 18.9 Å². The van der Waals surface area contributed by atoms with Gasteiger partial charge in [0.05, 0.1) is 26.6 Å². The zero-order valence-corrected chi connectivity index (χ0v) is 23.9. The number of nitrogens with zero attached hydrogens (tertiary/aromatic N) is 2. The number of benzene rings is 2. The summed E-state index contributed by atoms with van der Waals surface area (Å²) in [6.45, 7) is 8.01. The summed E-state index contributed by atoms with van der Waals surface area (Å²) < 4.78 is 21.7. The number of unbranched alkanes of at least 4 members (excludes halogenated alkanes) is 4. The first kappa shape index (κ1) is 32.6. The van der Waals surface area contributed by atoms with E-state index in [2.05, 4.69) is 34.2 Å². The third-order valence-corrected chi connectivity index (χ3v) is 5.70. The zero-order chi connectivity index (χ0) is 29.7. The van der Waals surface area contributed by atoms with Crippen molar-refractivity contribution in [2.24, 2.45) is 10.2 Å². The highest BCUT2D eigenvalue weighted by atomic mass is 16.5. The Hall–Kier alpha value is -4.60. The number of rotatable bonds is 20. The minimum absolute atomic E-state index is 0.145. The van der Waals surface area contributed by atoms with E-state index < -0.39 is 0 Å². The first-order valence-electron chi connectivity index (χ1n) is 13.5. The van der Waals surface area contributed by atoms with Crippen LogP contribution in [0.5, 0.6) is 23.0 Å². The van der Waals surface area contributed by atoms with Gasteiger partial charge in [-0.05, 0) is 60.4 Å². The fraction of sp³-hybridized carbons (Fsp3) is 0.355. The Kier molecular flexibility index (Phi) is 15.5. The lowest BCUT2D eigenvalue weighted by atomic mass is 10.1. The number of nitrogens with one attached hydrogen (secondary N) is 2. The largest absolute Gasteiger partial charge is 0.493 e. The molecule has 0 saturated heterocycles. The highest BCUT2D eigenvalue weighted by Crippen LogP contribution is 2.28. The van der Waals surface area contributed by atoms with Gasteiger partial charge in [0.2, 0.25) is 11.8 Å². The van der Waals surface area contributed by atoms with Crippen molar-refractivity contribution in [2.75, 3.05) is 27.4 Å². The maximum absolute atomic E-state index is 12.0. The Morgan fingerprint density at radius 3 is 1.49 bits per heavy atom. The van der Waals surface area contributed by atoms with Crippen LogP contribution in [0.2, 0.25) is 0 Å². The SMILES string of the molecule is C=CCOc1ccc(C=NNC(=O)CCCCCCCC(=O)NN=Cc2ccc(OCC=C)c(OC)c2)cc1OC. The third kappa shape index (κ3) is 12.9. The molecule has 10 heteroatoms. The second-order valence-corrected chi connectivity index (χ2v) is 8.87. The van der Waals surface area contributed by atoms with Crippen LogP contribution in [-0.2, 0) is 9.59 Å². The van der Waals surface area contributed by atoms with E-state index >= 15 is 0 Å². The first-order chi connectivity index (χ1) is 20.0. The van der Waals surface area contributed by atoms with Gasteiger partial charge in [-0.25, -0.2) is 10.9 Å². The molecular weight excluding hydrogens is 524 g/mol. The van der Waals surface area contributed by atoms with Crippen molar-refractivity contribution in [1.29, 1.82) is 0 Å². The average molecular weight is 565 g/mol. The molecule has 2 aromatic carbocycles. The fourth-order valence-electron chi connectivity index (χ4n) is 3.64. The Labute approximate surface area is 242 Å². The predicted molar refractivity (Wildman–Crippen MR) is 161 cm³/mol. The van der Waals surface area contributed by atoms with E-state index in [1.54, 1.807) is 63.1 Å². The molecule has 2 aromatic rings. The summed E-state index contributed by atoms with van der Waals surface area (Å²) in [6, 6.07) is 10.8. The summed E-state index contributed by atoms with van der Waals surface area (Å²) >= 11 is 0. The number of methoxy groups -OCH3 is 2. The lowest BCUT2D eigenvalue weighted by Gasteiger charge is -2.09. The molecule has 0 spiro atoms. The van der Waals surface area contributed by atoms with Crippen molar-refractivity contribution >= 4 is 24.2 Å². The smallest absolute Gasteiger partial charge is 0.240 e. The van der Waals surface area contributed by atoms with E-state index in [-0.39, 0.29) is 11.8 Å². The lowest BCUT2D eigenvalue weighted by molar-refractivity contribution is -0.121. The van der Waals surface area contributed by atoms with E-state index in [1.165, 1.54) is 0 Å². The van der Waals surface area contributed by atoms with Crippen LogP contribution in [0.15, 0.2) is 71.9 Å². The zero-order valence-electron chi connectivity index (χ0n) is 23.9. The molecule has 0 aliphatic rings. The molecule has 220 valence electrons. The molecule has 2 amide bonds. The summed E-state index contributed by atoms with van der Waals surface area (Å²) in [4.78, 5) is 24.1. The molecule has 0 unspecified atom stereocenters. The summed E-state index contributed by atoms with van der Waals surface area (Å²) in [5.74, 6) is 2.07. The summed E-state index contributed by atoms with van der Waals surface area (Å²) in [6.07, 6.45) is 11.4. The highest BCUT2D eigenvalue weighted by Gasteiger charge is 2.06. The Morgan fingerprint density at radius 1 is 0.683 bits per heavy atom. The molecule has 2 N–H and O–H groups in total. The molecule has 0 heterocycles.